The average Bonchev–Trinajstić information content (AvgIpc) is 3.10. The summed E-state index contributed by atoms with van der Waals surface area (Å²) in [5.41, 5.74) is 11.1. The Hall–Kier alpha value is -4.39. The standard InChI is InChI=1S/C26H23N5O2/c1-2-33-19-14-12-18(13-15-19)28-26(32)22-23-25(30-21-11-7-6-10-20(21)29-23)31(24(22)27)16-17-8-4-3-5-9-17/h3-15H,2,16,27H2,1H3,(H,28,32). The Labute approximate surface area is 190 Å². The van der Waals surface area contributed by atoms with Gasteiger partial charge in [-0.2, -0.15) is 0 Å². The molecule has 3 aromatic carbocycles. The summed E-state index contributed by atoms with van der Waals surface area (Å²) in [5, 5.41) is 2.93. The van der Waals surface area contributed by atoms with Crippen molar-refractivity contribution < 1.29 is 9.53 Å². The van der Waals surface area contributed by atoms with Crippen LogP contribution in [0.5, 0.6) is 5.75 Å². The Kier molecular flexibility index (Phi) is 5.36. The monoisotopic (exact) mass is 437 g/mol. The highest BCUT2D eigenvalue weighted by Gasteiger charge is 2.24. The number of nitrogens with one attached hydrogen (secondary N) is 1. The van der Waals surface area contributed by atoms with E-state index < -0.39 is 0 Å². The number of ether oxygens (including phenoxy) is 1. The number of aromatic nitrogens is 3. The number of hydrogen-bond acceptors (Lipinski definition) is 5. The van der Waals surface area contributed by atoms with E-state index in [1.165, 1.54) is 0 Å². The van der Waals surface area contributed by atoms with Gasteiger partial charge in [-0.25, -0.2) is 9.97 Å². The quantitative estimate of drug-likeness (QED) is 0.395. The normalized spacial score (nSPS) is 11.1. The van der Waals surface area contributed by atoms with Gasteiger partial charge in [0.15, 0.2) is 5.65 Å². The van der Waals surface area contributed by atoms with Crippen LogP contribution in [-0.4, -0.2) is 27.0 Å². The molecule has 0 aliphatic heterocycles. The van der Waals surface area contributed by atoms with Crippen LogP contribution in [0.2, 0.25) is 0 Å². The molecule has 0 fully saturated rings. The molecule has 2 aromatic heterocycles. The molecular weight excluding hydrogens is 414 g/mol. The van der Waals surface area contributed by atoms with Crippen molar-refractivity contribution >= 4 is 39.6 Å². The number of nitrogens with zero attached hydrogens (tertiary/aromatic N) is 3. The van der Waals surface area contributed by atoms with E-state index >= 15 is 0 Å². The van der Waals surface area contributed by atoms with E-state index in [0.29, 0.717) is 46.9 Å². The summed E-state index contributed by atoms with van der Waals surface area (Å²) in [6, 6.07) is 24.7. The molecule has 3 N–H and O–H groups in total. The Bertz CT molecular complexity index is 1440. The van der Waals surface area contributed by atoms with Gasteiger partial charge < -0.3 is 20.4 Å². The lowest BCUT2D eigenvalue weighted by Crippen LogP contribution is -2.15. The smallest absolute Gasteiger partial charge is 0.261 e. The number of nitrogens with two attached hydrogens (primary N) is 1. The van der Waals surface area contributed by atoms with Crippen LogP contribution in [0.3, 0.4) is 0 Å². The molecule has 5 aromatic rings. The maximum atomic E-state index is 13.4. The minimum Gasteiger partial charge on any atom is -0.494 e. The average molecular weight is 438 g/mol. The molecule has 0 atom stereocenters. The van der Waals surface area contributed by atoms with Crippen LogP contribution < -0.4 is 15.8 Å². The molecule has 0 spiro atoms. The van der Waals surface area contributed by atoms with Crippen molar-refractivity contribution in [3.63, 3.8) is 0 Å². The van der Waals surface area contributed by atoms with Crippen LogP contribution >= 0.6 is 0 Å². The number of nitrogen functional groups attached to an aromatic ring is 1. The molecule has 0 radical (unpaired) electrons. The largest absolute Gasteiger partial charge is 0.494 e. The van der Waals surface area contributed by atoms with Gasteiger partial charge in [-0.1, -0.05) is 42.5 Å². The topological polar surface area (TPSA) is 95.1 Å². The number of anilines is 2. The first-order valence-electron chi connectivity index (χ1n) is 10.8. The molecule has 0 saturated heterocycles. The minimum atomic E-state index is -0.335. The number of rotatable bonds is 6. The molecule has 0 unspecified atom stereocenters. The molecule has 0 bridgehead atoms. The first kappa shape index (κ1) is 20.5. The number of hydrogen-bond donors (Lipinski definition) is 2. The molecule has 164 valence electrons. The second-order valence-electron chi connectivity index (χ2n) is 7.63. The number of para-hydroxylation sites is 2. The van der Waals surface area contributed by atoms with Crippen LogP contribution in [-0.2, 0) is 6.54 Å². The van der Waals surface area contributed by atoms with Crippen molar-refractivity contribution in [2.75, 3.05) is 17.7 Å². The first-order chi connectivity index (χ1) is 16.1. The fourth-order valence-electron chi connectivity index (χ4n) is 3.86. The van der Waals surface area contributed by atoms with Crippen LogP contribution in [0.1, 0.15) is 22.8 Å². The second kappa shape index (κ2) is 8.63. The number of carbonyl (C=O) groups is 1. The zero-order valence-corrected chi connectivity index (χ0v) is 18.2. The Morgan fingerprint density at radius 3 is 2.30 bits per heavy atom. The van der Waals surface area contributed by atoms with Gasteiger partial charge in [0.05, 0.1) is 24.2 Å². The van der Waals surface area contributed by atoms with Crippen LogP contribution in [0.4, 0.5) is 11.5 Å². The number of fused-ring (bicyclic) bond motifs is 2. The second-order valence-corrected chi connectivity index (χ2v) is 7.63. The Balaban J connectivity index is 1.60. The summed E-state index contributed by atoms with van der Waals surface area (Å²) in [7, 11) is 0. The predicted molar refractivity (Wildman–Crippen MR) is 131 cm³/mol. The molecule has 2 heterocycles. The summed E-state index contributed by atoms with van der Waals surface area (Å²) < 4.78 is 7.32. The van der Waals surface area contributed by atoms with E-state index in [9.17, 15) is 4.79 Å². The van der Waals surface area contributed by atoms with Crippen molar-refractivity contribution in [3.05, 3.63) is 90.0 Å². The summed E-state index contributed by atoms with van der Waals surface area (Å²) in [4.78, 5) is 22.9. The predicted octanol–water partition coefficient (Wildman–Crippen LogP) is 4.87. The molecule has 33 heavy (non-hydrogen) atoms. The van der Waals surface area contributed by atoms with E-state index in [-0.39, 0.29) is 5.91 Å². The summed E-state index contributed by atoms with van der Waals surface area (Å²) >= 11 is 0. The molecule has 1 amide bonds. The fraction of sp³-hybridized carbons (Fsp3) is 0.115. The summed E-state index contributed by atoms with van der Waals surface area (Å²) in [5.74, 6) is 0.734. The molecule has 5 rings (SSSR count). The van der Waals surface area contributed by atoms with E-state index in [2.05, 4.69) is 5.32 Å². The van der Waals surface area contributed by atoms with E-state index in [0.717, 1.165) is 16.8 Å². The van der Waals surface area contributed by atoms with Gasteiger partial charge in [0, 0.05) is 5.69 Å². The van der Waals surface area contributed by atoms with Gasteiger partial charge in [0.1, 0.15) is 22.6 Å². The van der Waals surface area contributed by atoms with Crippen LogP contribution in [0.25, 0.3) is 22.2 Å². The van der Waals surface area contributed by atoms with Gasteiger partial charge in [-0.15, -0.1) is 0 Å². The third-order valence-electron chi connectivity index (χ3n) is 5.43. The lowest BCUT2D eigenvalue weighted by Gasteiger charge is -2.09. The lowest BCUT2D eigenvalue weighted by molar-refractivity contribution is 0.102. The van der Waals surface area contributed by atoms with Gasteiger partial charge in [0.25, 0.3) is 5.91 Å². The number of benzene rings is 3. The lowest BCUT2D eigenvalue weighted by atomic mass is 10.2. The highest BCUT2D eigenvalue weighted by atomic mass is 16.5. The highest BCUT2D eigenvalue weighted by molar-refractivity contribution is 6.16. The Morgan fingerprint density at radius 2 is 1.61 bits per heavy atom. The Morgan fingerprint density at radius 1 is 0.939 bits per heavy atom. The number of amides is 1. The maximum absolute atomic E-state index is 13.4. The van der Waals surface area contributed by atoms with Crippen molar-refractivity contribution in [2.45, 2.75) is 13.5 Å². The van der Waals surface area contributed by atoms with E-state index in [1.807, 2.05) is 78.2 Å². The van der Waals surface area contributed by atoms with Crippen LogP contribution in [0.15, 0.2) is 78.9 Å². The summed E-state index contributed by atoms with van der Waals surface area (Å²) in [6.07, 6.45) is 0. The third kappa shape index (κ3) is 3.96. The zero-order valence-electron chi connectivity index (χ0n) is 18.2. The molecule has 7 nitrogen and oxygen atoms in total. The SMILES string of the molecule is CCOc1ccc(NC(=O)c2c(N)n(Cc3ccccc3)c3nc4ccccc4nc23)cc1. The third-order valence-corrected chi connectivity index (χ3v) is 5.43. The van der Waals surface area contributed by atoms with Crippen molar-refractivity contribution in [1.29, 1.82) is 0 Å². The molecule has 0 aliphatic carbocycles. The molecule has 7 heteroatoms. The molecular formula is C26H23N5O2. The first-order valence-corrected chi connectivity index (χ1v) is 10.8. The minimum absolute atomic E-state index is 0.313. The molecule has 0 saturated carbocycles. The van der Waals surface area contributed by atoms with Gasteiger partial charge in [-0.3, -0.25) is 4.79 Å². The van der Waals surface area contributed by atoms with Gasteiger partial charge in [-0.05, 0) is 48.9 Å². The van der Waals surface area contributed by atoms with Crippen molar-refractivity contribution in [1.82, 2.24) is 14.5 Å². The molecule has 0 aliphatic rings. The highest BCUT2D eigenvalue weighted by Crippen LogP contribution is 2.29. The van der Waals surface area contributed by atoms with E-state index in [1.54, 1.807) is 12.1 Å². The summed E-state index contributed by atoms with van der Waals surface area (Å²) in [6.45, 7) is 2.98. The van der Waals surface area contributed by atoms with E-state index in [4.69, 9.17) is 20.4 Å². The number of carbonyl (C=O) groups excluding carboxylic acids is 1. The van der Waals surface area contributed by atoms with Gasteiger partial charge >= 0.3 is 0 Å². The van der Waals surface area contributed by atoms with Crippen molar-refractivity contribution in [2.24, 2.45) is 0 Å². The fourth-order valence-corrected chi connectivity index (χ4v) is 3.86. The maximum Gasteiger partial charge on any atom is 0.261 e. The van der Waals surface area contributed by atoms with Crippen molar-refractivity contribution in [3.8, 4) is 5.75 Å². The zero-order chi connectivity index (χ0) is 22.8. The van der Waals surface area contributed by atoms with Crippen LogP contribution in [0, 0.1) is 0 Å². The van der Waals surface area contributed by atoms with Gasteiger partial charge in [0.2, 0.25) is 0 Å².